The Balaban J connectivity index is 1.60. The van der Waals surface area contributed by atoms with Crippen LogP contribution in [0.3, 0.4) is 0 Å². The van der Waals surface area contributed by atoms with E-state index in [-0.39, 0.29) is 25.4 Å². The van der Waals surface area contributed by atoms with Crippen molar-refractivity contribution in [2.45, 2.75) is 33.1 Å². The van der Waals surface area contributed by atoms with Gasteiger partial charge in [0.25, 0.3) is 0 Å². The Kier molecular flexibility index (Phi) is 7.18. The average molecular weight is 429 g/mol. The van der Waals surface area contributed by atoms with Crippen LogP contribution in [0.2, 0.25) is 0 Å². The molecular weight excluding hydrogens is 406 g/mol. The van der Waals surface area contributed by atoms with Crippen molar-refractivity contribution in [2.24, 2.45) is 0 Å². The Hall–Kier alpha value is -3.20. The molecule has 1 N–H and O–H groups in total. The summed E-state index contributed by atoms with van der Waals surface area (Å²) in [5.74, 6) is 0.866. The van der Waals surface area contributed by atoms with Crippen molar-refractivity contribution < 1.29 is 23.6 Å². The number of nitrogens with one attached hydrogen (secondary N) is 1. The summed E-state index contributed by atoms with van der Waals surface area (Å²) in [5, 5.41) is 7.26. The highest BCUT2D eigenvalue weighted by molar-refractivity contribution is 7.16. The second-order valence-electron chi connectivity index (χ2n) is 6.32. The Morgan fingerprint density at radius 1 is 1.20 bits per heavy atom. The number of thiophene rings is 1. The molecule has 0 radical (unpaired) electrons. The van der Waals surface area contributed by atoms with Crippen molar-refractivity contribution >= 4 is 28.2 Å². The Morgan fingerprint density at radius 2 is 1.97 bits per heavy atom. The standard InChI is InChI=1S/C21H23N3O5S/c1-4-15-12-16(21(26)28-5-2)20(30-15)22-17(25)10-11-18-23-19(24-29-18)13-6-8-14(27-3)9-7-13/h6-9,12H,4-5,10-11H2,1-3H3,(H,22,25). The summed E-state index contributed by atoms with van der Waals surface area (Å²) in [5.41, 5.74) is 1.17. The van der Waals surface area contributed by atoms with E-state index in [0.29, 0.717) is 22.3 Å². The number of carbonyl (C=O) groups is 2. The van der Waals surface area contributed by atoms with Crippen LogP contribution in [0, 0.1) is 0 Å². The Morgan fingerprint density at radius 3 is 2.63 bits per heavy atom. The van der Waals surface area contributed by atoms with E-state index in [9.17, 15) is 9.59 Å². The zero-order valence-electron chi connectivity index (χ0n) is 17.1. The molecule has 8 nitrogen and oxygen atoms in total. The summed E-state index contributed by atoms with van der Waals surface area (Å²) in [6.45, 7) is 4.01. The van der Waals surface area contributed by atoms with E-state index in [0.717, 1.165) is 22.6 Å². The average Bonchev–Trinajstić information content (AvgIpc) is 3.39. The molecule has 3 rings (SSSR count). The minimum absolute atomic E-state index is 0.145. The lowest BCUT2D eigenvalue weighted by Crippen LogP contribution is -2.14. The number of carbonyl (C=O) groups excluding carboxylic acids is 2. The van der Waals surface area contributed by atoms with Crippen molar-refractivity contribution in [1.82, 2.24) is 10.1 Å². The molecule has 158 valence electrons. The second-order valence-corrected chi connectivity index (χ2v) is 7.45. The zero-order valence-corrected chi connectivity index (χ0v) is 17.9. The molecule has 9 heteroatoms. The number of nitrogens with zero attached hydrogens (tertiary/aromatic N) is 2. The maximum atomic E-state index is 12.4. The number of amides is 1. The van der Waals surface area contributed by atoms with Gasteiger partial charge in [-0.25, -0.2) is 4.79 Å². The fourth-order valence-electron chi connectivity index (χ4n) is 2.69. The number of hydrogen-bond acceptors (Lipinski definition) is 8. The first-order valence-corrected chi connectivity index (χ1v) is 10.4. The van der Waals surface area contributed by atoms with Crippen LogP contribution in [0.15, 0.2) is 34.9 Å². The molecule has 0 bridgehead atoms. The van der Waals surface area contributed by atoms with E-state index < -0.39 is 5.97 Å². The van der Waals surface area contributed by atoms with Crippen LogP contribution < -0.4 is 10.1 Å². The molecule has 0 spiro atoms. The molecule has 2 aromatic heterocycles. The molecule has 2 heterocycles. The van der Waals surface area contributed by atoms with Crippen LogP contribution in [0.4, 0.5) is 5.00 Å². The summed E-state index contributed by atoms with van der Waals surface area (Å²) >= 11 is 1.37. The number of aromatic nitrogens is 2. The molecule has 0 aliphatic rings. The van der Waals surface area contributed by atoms with Crippen molar-refractivity contribution in [3.8, 4) is 17.1 Å². The maximum Gasteiger partial charge on any atom is 0.341 e. The summed E-state index contributed by atoms with van der Waals surface area (Å²) in [6, 6.07) is 9.05. The van der Waals surface area contributed by atoms with Gasteiger partial charge in [0, 0.05) is 23.3 Å². The molecule has 0 fully saturated rings. The Bertz CT molecular complexity index is 1010. The number of anilines is 1. The van der Waals surface area contributed by atoms with Crippen molar-refractivity contribution in [3.63, 3.8) is 0 Å². The molecule has 1 amide bonds. The van der Waals surface area contributed by atoms with Gasteiger partial charge in [-0.1, -0.05) is 12.1 Å². The van der Waals surface area contributed by atoms with E-state index in [1.807, 2.05) is 31.2 Å². The number of ether oxygens (including phenoxy) is 2. The molecule has 0 aliphatic heterocycles. The third-order valence-electron chi connectivity index (χ3n) is 4.26. The van der Waals surface area contributed by atoms with Crippen LogP contribution in [-0.4, -0.2) is 35.7 Å². The minimum atomic E-state index is -0.440. The summed E-state index contributed by atoms with van der Waals surface area (Å²) in [7, 11) is 1.60. The van der Waals surface area contributed by atoms with Gasteiger partial charge in [0.05, 0.1) is 19.3 Å². The number of hydrogen-bond donors (Lipinski definition) is 1. The van der Waals surface area contributed by atoms with Crippen molar-refractivity contribution in [3.05, 3.63) is 46.7 Å². The first kappa shape index (κ1) is 21.5. The summed E-state index contributed by atoms with van der Waals surface area (Å²) < 4.78 is 15.5. The molecular formula is C21H23N3O5S. The molecule has 1 aromatic carbocycles. The highest BCUT2D eigenvalue weighted by Gasteiger charge is 2.19. The van der Waals surface area contributed by atoms with E-state index in [1.54, 1.807) is 20.1 Å². The molecule has 0 saturated carbocycles. The maximum absolute atomic E-state index is 12.4. The van der Waals surface area contributed by atoms with E-state index in [2.05, 4.69) is 15.5 Å². The molecule has 0 unspecified atom stereocenters. The van der Waals surface area contributed by atoms with Gasteiger partial charge in [-0.3, -0.25) is 4.79 Å². The van der Waals surface area contributed by atoms with E-state index in [4.69, 9.17) is 14.0 Å². The number of rotatable bonds is 9. The predicted octanol–water partition coefficient (Wildman–Crippen LogP) is 4.12. The summed E-state index contributed by atoms with van der Waals surface area (Å²) in [4.78, 5) is 29.9. The molecule has 0 saturated heterocycles. The predicted molar refractivity (Wildman–Crippen MR) is 113 cm³/mol. The fraction of sp³-hybridized carbons (Fsp3) is 0.333. The smallest absolute Gasteiger partial charge is 0.341 e. The number of aryl methyl sites for hydroxylation is 2. The van der Waals surface area contributed by atoms with Crippen LogP contribution in [-0.2, 0) is 22.4 Å². The molecule has 0 atom stereocenters. The van der Waals surface area contributed by atoms with Crippen molar-refractivity contribution in [1.29, 1.82) is 0 Å². The van der Waals surface area contributed by atoms with Crippen molar-refractivity contribution in [2.75, 3.05) is 19.0 Å². The van der Waals surface area contributed by atoms with E-state index in [1.165, 1.54) is 11.3 Å². The highest BCUT2D eigenvalue weighted by atomic mass is 32.1. The third kappa shape index (κ3) is 5.24. The lowest BCUT2D eigenvalue weighted by Gasteiger charge is -2.05. The molecule has 0 aliphatic carbocycles. The summed E-state index contributed by atoms with van der Waals surface area (Å²) in [6.07, 6.45) is 1.20. The van der Waals surface area contributed by atoms with Gasteiger partial charge in [-0.2, -0.15) is 4.98 Å². The van der Waals surface area contributed by atoms with Crippen LogP contribution >= 0.6 is 11.3 Å². The molecule has 3 aromatic rings. The van der Waals surface area contributed by atoms with Gasteiger partial charge >= 0.3 is 5.97 Å². The van der Waals surface area contributed by atoms with Gasteiger partial charge in [-0.15, -0.1) is 11.3 Å². The largest absolute Gasteiger partial charge is 0.497 e. The van der Waals surface area contributed by atoms with Crippen LogP contribution in [0.25, 0.3) is 11.4 Å². The second kappa shape index (κ2) is 10.0. The Labute approximate surface area is 178 Å². The van der Waals surface area contributed by atoms with Gasteiger partial charge in [0.1, 0.15) is 10.8 Å². The van der Waals surface area contributed by atoms with Gasteiger partial charge in [0.15, 0.2) is 0 Å². The first-order valence-electron chi connectivity index (χ1n) is 9.60. The highest BCUT2D eigenvalue weighted by Crippen LogP contribution is 2.29. The zero-order chi connectivity index (χ0) is 21.5. The quantitative estimate of drug-likeness (QED) is 0.510. The number of esters is 1. The van der Waals surface area contributed by atoms with Crippen LogP contribution in [0.5, 0.6) is 5.75 Å². The molecule has 30 heavy (non-hydrogen) atoms. The van der Waals surface area contributed by atoms with Gasteiger partial charge < -0.3 is 19.3 Å². The third-order valence-corrected chi connectivity index (χ3v) is 5.46. The van der Waals surface area contributed by atoms with Crippen LogP contribution in [0.1, 0.15) is 41.4 Å². The normalized spacial score (nSPS) is 10.6. The fourth-order valence-corrected chi connectivity index (χ4v) is 3.69. The SMILES string of the molecule is CCOC(=O)c1cc(CC)sc1NC(=O)CCc1nc(-c2ccc(OC)cc2)no1. The monoisotopic (exact) mass is 429 g/mol. The van der Waals surface area contributed by atoms with Gasteiger partial charge in [0.2, 0.25) is 17.6 Å². The number of benzene rings is 1. The number of methoxy groups -OCH3 is 1. The lowest BCUT2D eigenvalue weighted by molar-refractivity contribution is -0.116. The lowest BCUT2D eigenvalue weighted by atomic mass is 10.2. The minimum Gasteiger partial charge on any atom is -0.497 e. The topological polar surface area (TPSA) is 104 Å². The first-order chi connectivity index (χ1) is 14.5. The van der Waals surface area contributed by atoms with E-state index >= 15 is 0 Å². The van der Waals surface area contributed by atoms with Gasteiger partial charge in [-0.05, 0) is 43.7 Å².